The third kappa shape index (κ3) is 1.74. The first-order chi connectivity index (χ1) is 7.11. The quantitative estimate of drug-likeness (QED) is 0.717. The van der Waals surface area contributed by atoms with Gasteiger partial charge in [0, 0.05) is 12.5 Å². The van der Waals surface area contributed by atoms with Gasteiger partial charge in [0.1, 0.15) is 0 Å². The van der Waals surface area contributed by atoms with Crippen LogP contribution in [0.15, 0.2) is 18.2 Å². The minimum absolute atomic E-state index is 0.163. The molecule has 0 radical (unpaired) electrons. The first-order valence-corrected chi connectivity index (χ1v) is 5.58. The topological polar surface area (TPSA) is 20.3 Å². The summed E-state index contributed by atoms with van der Waals surface area (Å²) in [5.41, 5.74) is 2.08. The average molecular weight is 224 g/mol. The number of carbonyl (C=O) groups excluding carboxylic acids is 1. The monoisotopic (exact) mass is 223 g/mol. The van der Waals surface area contributed by atoms with Gasteiger partial charge in [0.15, 0.2) is 0 Å². The molecule has 1 aliphatic rings. The van der Waals surface area contributed by atoms with Gasteiger partial charge in [0.05, 0.1) is 10.7 Å². The number of amides is 1. The highest BCUT2D eigenvalue weighted by molar-refractivity contribution is 6.34. The fraction of sp³-hybridized carbons (Fsp3) is 0.417. The second kappa shape index (κ2) is 3.86. The van der Waals surface area contributed by atoms with Crippen molar-refractivity contribution in [2.75, 3.05) is 4.90 Å². The summed E-state index contributed by atoms with van der Waals surface area (Å²) in [6, 6.07) is 5.99. The zero-order valence-corrected chi connectivity index (χ0v) is 9.71. The molecule has 2 nitrogen and oxygen atoms in total. The molecule has 1 aromatic carbocycles. The molecule has 1 aliphatic heterocycles. The van der Waals surface area contributed by atoms with E-state index < -0.39 is 0 Å². The molecule has 2 rings (SSSR count). The third-order valence-electron chi connectivity index (χ3n) is 2.70. The van der Waals surface area contributed by atoms with Crippen molar-refractivity contribution >= 4 is 23.2 Å². The molecule has 0 N–H and O–H groups in total. The van der Waals surface area contributed by atoms with E-state index in [-0.39, 0.29) is 11.9 Å². The number of fused-ring (bicyclic) bond motifs is 1. The molecule has 0 aromatic heterocycles. The highest BCUT2D eigenvalue weighted by atomic mass is 35.5. The molecule has 0 fully saturated rings. The van der Waals surface area contributed by atoms with Gasteiger partial charge in [-0.05, 0) is 31.9 Å². The summed E-state index contributed by atoms with van der Waals surface area (Å²) in [5.74, 6) is 0.172. The van der Waals surface area contributed by atoms with Crippen LogP contribution in [0.25, 0.3) is 0 Å². The van der Waals surface area contributed by atoms with Crippen LogP contribution in [0.1, 0.15) is 25.8 Å². The maximum absolute atomic E-state index is 11.8. The van der Waals surface area contributed by atoms with E-state index in [0.717, 1.165) is 12.1 Å². The van der Waals surface area contributed by atoms with Crippen molar-refractivity contribution in [3.05, 3.63) is 28.8 Å². The molecule has 0 saturated heterocycles. The predicted molar refractivity (Wildman–Crippen MR) is 62.4 cm³/mol. The van der Waals surface area contributed by atoms with Crippen LogP contribution in [0.5, 0.6) is 0 Å². The van der Waals surface area contributed by atoms with Crippen molar-refractivity contribution in [1.29, 1.82) is 0 Å². The van der Waals surface area contributed by atoms with E-state index in [2.05, 4.69) is 0 Å². The van der Waals surface area contributed by atoms with Gasteiger partial charge in [-0.15, -0.1) is 0 Å². The van der Waals surface area contributed by atoms with Crippen LogP contribution in [0.2, 0.25) is 5.02 Å². The Hall–Kier alpha value is -1.02. The first-order valence-electron chi connectivity index (χ1n) is 5.20. The molecular weight excluding hydrogens is 210 g/mol. The third-order valence-corrected chi connectivity index (χ3v) is 3.01. The number of halogens is 1. The lowest BCUT2D eigenvalue weighted by atomic mass is 10.00. The summed E-state index contributed by atoms with van der Waals surface area (Å²) >= 11 is 6.15. The summed E-state index contributed by atoms with van der Waals surface area (Å²) < 4.78 is 0. The fourth-order valence-corrected chi connectivity index (χ4v) is 2.35. The lowest BCUT2D eigenvalue weighted by Crippen LogP contribution is -2.40. The number of para-hydroxylation sites is 1. The Bertz CT molecular complexity index is 401. The number of anilines is 1. The van der Waals surface area contributed by atoms with Crippen LogP contribution in [0.4, 0.5) is 5.69 Å². The SMILES string of the molecule is CC(C)N1C(=O)CCc2cccc(Cl)c21. The average Bonchev–Trinajstić information content (AvgIpc) is 2.18. The van der Waals surface area contributed by atoms with E-state index in [1.807, 2.05) is 32.0 Å². The highest BCUT2D eigenvalue weighted by Gasteiger charge is 2.27. The van der Waals surface area contributed by atoms with Crippen LogP contribution < -0.4 is 4.90 Å². The Kier molecular flexibility index (Phi) is 2.70. The van der Waals surface area contributed by atoms with Gasteiger partial charge in [-0.3, -0.25) is 4.79 Å². The Morgan fingerprint density at radius 2 is 2.07 bits per heavy atom. The summed E-state index contributed by atoms with van der Waals surface area (Å²) in [5, 5.41) is 0.675. The minimum Gasteiger partial charge on any atom is -0.308 e. The molecular formula is C12H14ClNO. The Morgan fingerprint density at radius 3 is 2.73 bits per heavy atom. The molecule has 3 heteroatoms. The lowest BCUT2D eigenvalue weighted by molar-refractivity contribution is -0.119. The molecule has 1 aromatic rings. The van der Waals surface area contributed by atoms with E-state index in [4.69, 9.17) is 11.6 Å². The second-order valence-corrected chi connectivity index (χ2v) is 4.51. The van der Waals surface area contributed by atoms with Crippen molar-refractivity contribution in [2.24, 2.45) is 0 Å². The van der Waals surface area contributed by atoms with Gasteiger partial charge < -0.3 is 4.90 Å². The zero-order chi connectivity index (χ0) is 11.0. The van der Waals surface area contributed by atoms with Crippen molar-refractivity contribution in [1.82, 2.24) is 0 Å². The number of hydrogen-bond donors (Lipinski definition) is 0. The van der Waals surface area contributed by atoms with Crippen molar-refractivity contribution < 1.29 is 4.79 Å². The van der Waals surface area contributed by atoms with E-state index >= 15 is 0 Å². The van der Waals surface area contributed by atoms with Crippen LogP contribution in [-0.4, -0.2) is 11.9 Å². The molecule has 0 unspecified atom stereocenters. The molecule has 0 spiro atoms. The zero-order valence-electron chi connectivity index (χ0n) is 8.96. The fourth-order valence-electron chi connectivity index (χ4n) is 2.06. The Morgan fingerprint density at radius 1 is 1.33 bits per heavy atom. The first kappa shape index (κ1) is 10.5. The van der Waals surface area contributed by atoms with Gasteiger partial charge in [-0.25, -0.2) is 0 Å². The largest absolute Gasteiger partial charge is 0.308 e. The molecule has 0 bridgehead atoms. The number of nitrogens with zero attached hydrogens (tertiary/aromatic N) is 1. The molecule has 0 aliphatic carbocycles. The number of carbonyl (C=O) groups is 1. The Balaban J connectivity index is 2.55. The van der Waals surface area contributed by atoms with Crippen molar-refractivity contribution in [3.8, 4) is 0 Å². The number of benzene rings is 1. The van der Waals surface area contributed by atoms with Crippen molar-refractivity contribution in [3.63, 3.8) is 0 Å². The maximum Gasteiger partial charge on any atom is 0.227 e. The molecule has 1 amide bonds. The van der Waals surface area contributed by atoms with E-state index in [9.17, 15) is 4.79 Å². The van der Waals surface area contributed by atoms with Crippen molar-refractivity contribution in [2.45, 2.75) is 32.7 Å². The summed E-state index contributed by atoms with van der Waals surface area (Å²) in [6.07, 6.45) is 1.39. The van der Waals surface area contributed by atoms with Gasteiger partial charge >= 0.3 is 0 Å². The molecule has 0 saturated carbocycles. The summed E-state index contributed by atoms with van der Waals surface area (Å²) in [7, 11) is 0. The smallest absolute Gasteiger partial charge is 0.227 e. The van der Waals surface area contributed by atoms with Gasteiger partial charge in [-0.1, -0.05) is 23.7 Å². The number of rotatable bonds is 1. The van der Waals surface area contributed by atoms with Crippen LogP contribution in [-0.2, 0) is 11.2 Å². The van der Waals surface area contributed by atoms with Crippen LogP contribution >= 0.6 is 11.6 Å². The molecule has 15 heavy (non-hydrogen) atoms. The lowest BCUT2D eigenvalue weighted by Gasteiger charge is -2.33. The summed E-state index contributed by atoms with van der Waals surface area (Å²) in [6.45, 7) is 4.02. The molecule has 0 atom stereocenters. The molecule has 1 heterocycles. The predicted octanol–water partition coefficient (Wildman–Crippen LogP) is 3.03. The van der Waals surface area contributed by atoms with E-state index in [1.54, 1.807) is 4.90 Å². The standard InChI is InChI=1S/C12H14ClNO/c1-8(2)14-11(15)7-6-9-4-3-5-10(13)12(9)14/h3-5,8H,6-7H2,1-2H3. The highest BCUT2D eigenvalue weighted by Crippen LogP contribution is 2.35. The number of aryl methyl sites for hydroxylation is 1. The second-order valence-electron chi connectivity index (χ2n) is 4.11. The van der Waals surface area contributed by atoms with E-state index in [0.29, 0.717) is 11.4 Å². The van der Waals surface area contributed by atoms with Gasteiger partial charge in [-0.2, -0.15) is 0 Å². The van der Waals surface area contributed by atoms with E-state index in [1.165, 1.54) is 5.56 Å². The minimum atomic E-state index is 0.163. The maximum atomic E-state index is 11.8. The van der Waals surface area contributed by atoms with Crippen LogP contribution in [0.3, 0.4) is 0 Å². The van der Waals surface area contributed by atoms with Crippen LogP contribution in [0, 0.1) is 0 Å². The normalized spacial score (nSPS) is 15.7. The van der Waals surface area contributed by atoms with Gasteiger partial charge in [0.25, 0.3) is 0 Å². The van der Waals surface area contributed by atoms with Gasteiger partial charge in [0.2, 0.25) is 5.91 Å². The Labute approximate surface area is 94.8 Å². The molecule has 80 valence electrons. The number of hydrogen-bond acceptors (Lipinski definition) is 1. The summed E-state index contributed by atoms with van der Waals surface area (Å²) in [4.78, 5) is 13.6.